The first kappa shape index (κ1) is 15.4. The molecule has 6 heteroatoms. The topological polar surface area (TPSA) is 75.6 Å². The predicted molar refractivity (Wildman–Crippen MR) is 71.8 cm³/mol. The number of hydrogen-bond acceptors (Lipinski definition) is 3. The second kappa shape index (κ2) is 7.73. The van der Waals surface area contributed by atoms with E-state index in [1.165, 1.54) is 18.2 Å². The second-order valence-electron chi connectivity index (χ2n) is 3.77. The van der Waals surface area contributed by atoms with Gasteiger partial charge in [-0.25, -0.2) is 9.18 Å². The van der Waals surface area contributed by atoms with Crippen molar-refractivity contribution in [2.75, 3.05) is 13.2 Å². The van der Waals surface area contributed by atoms with E-state index in [4.69, 9.17) is 9.84 Å². The van der Waals surface area contributed by atoms with Crippen LogP contribution in [-0.2, 0) is 9.59 Å². The van der Waals surface area contributed by atoms with E-state index in [2.05, 4.69) is 11.9 Å². The minimum atomic E-state index is -1.14. The average molecular weight is 279 g/mol. The second-order valence-corrected chi connectivity index (χ2v) is 3.77. The normalized spacial score (nSPS) is 10.2. The molecule has 0 saturated heterocycles. The highest BCUT2D eigenvalue weighted by molar-refractivity contribution is 5.85. The number of aliphatic carboxylic acids is 1. The van der Waals surface area contributed by atoms with Gasteiger partial charge in [0.2, 0.25) is 0 Å². The molecule has 1 aromatic carbocycles. The maximum atomic E-state index is 13.3. The standard InChI is InChI=1S/C14H14FNO4/c1-2-5-16-13(17)9-20-12-7-10(3-4-14(18)19)6-11(15)8-12/h2-4,6-8H,1,5,9H2,(H,16,17)(H,18,19)/b4-3+. The van der Waals surface area contributed by atoms with E-state index >= 15 is 0 Å². The summed E-state index contributed by atoms with van der Waals surface area (Å²) in [5, 5.41) is 11.0. The molecular weight excluding hydrogens is 265 g/mol. The van der Waals surface area contributed by atoms with Crippen LogP contribution in [-0.4, -0.2) is 30.1 Å². The predicted octanol–water partition coefficient (Wildman–Crippen LogP) is 1.60. The first-order chi connectivity index (χ1) is 9.51. The van der Waals surface area contributed by atoms with Crippen molar-refractivity contribution in [3.05, 3.63) is 48.3 Å². The SMILES string of the molecule is C=CCNC(=O)COc1cc(F)cc(/C=C/C(=O)O)c1. The quantitative estimate of drug-likeness (QED) is 0.587. The summed E-state index contributed by atoms with van der Waals surface area (Å²) < 4.78 is 18.4. The van der Waals surface area contributed by atoms with Crippen LogP contribution in [0, 0.1) is 5.82 Å². The van der Waals surface area contributed by atoms with Gasteiger partial charge in [0.1, 0.15) is 11.6 Å². The van der Waals surface area contributed by atoms with Gasteiger partial charge in [-0.05, 0) is 23.8 Å². The zero-order chi connectivity index (χ0) is 15.0. The van der Waals surface area contributed by atoms with Crippen molar-refractivity contribution in [1.82, 2.24) is 5.32 Å². The van der Waals surface area contributed by atoms with E-state index < -0.39 is 11.8 Å². The van der Waals surface area contributed by atoms with Gasteiger partial charge in [-0.15, -0.1) is 6.58 Å². The van der Waals surface area contributed by atoms with Crippen LogP contribution in [0.15, 0.2) is 36.9 Å². The molecule has 5 nitrogen and oxygen atoms in total. The van der Waals surface area contributed by atoms with Gasteiger partial charge in [0.05, 0.1) is 0 Å². The Morgan fingerprint density at radius 3 is 2.80 bits per heavy atom. The first-order valence-corrected chi connectivity index (χ1v) is 5.73. The summed E-state index contributed by atoms with van der Waals surface area (Å²) >= 11 is 0. The number of halogens is 1. The lowest BCUT2D eigenvalue weighted by molar-refractivity contribution is -0.131. The highest BCUT2D eigenvalue weighted by atomic mass is 19.1. The number of nitrogens with one attached hydrogen (secondary N) is 1. The third kappa shape index (κ3) is 5.81. The molecule has 0 aliphatic carbocycles. The fraction of sp³-hybridized carbons (Fsp3) is 0.143. The van der Waals surface area contributed by atoms with Crippen molar-refractivity contribution in [3.63, 3.8) is 0 Å². The Bertz CT molecular complexity index is 540. The van der Waals surface area contributed by atoms with Crippen LogP contribution in [0.4, 0.5) is 4.39 Å². The number of amides is 1. The van der Waals surface area contributed by atoms with E-state index in [-0.39, 0.29) is 18.3 Å². The zero-order valence-corrected chi connectivity index (χ0v) is 10.6. The van der Waals surface area contributed by atoms with Gasteiger partial charge in [0.25, 0.3) is 5.91 Å². The summed E-state index contributed by atoms with van der Waals surface area (Å²) in [6.07, 6.45) is 3.64. The number of carboxylic acid groups (broad SMARTS) is 1. The van der Waals surface area contributed by atoms with Gasteiger partial charge in [0, 0.05) is 18.7 Å². The lowest BCUT2D eigenvalue weighted by Gasteiger charge is -2.07. The van der Waals surface area contributed by atoms with Crippen LogP contribution in [0.3, 0.4) is 0 Å². The van der Waals surface area contributed by atoms with Crippen LogP contribution in [0.5, 0.6) is 5.75 Å². The molecule has 0 heterocycles. The van der Waals surface area contributed by atoms with Crippen molar-refractivity contribution in [3.8, 4) is 5.75 Å². The molecule has 1 rings (SSSR count). The fourth-order valence-electron chi connectivity index (χ4n) is 1.32. The summed E-state index contributed by atoms with van der Waals surface area (Å²) in [5.41, 5.74) is 0.328. The fourth-order valence-corrected chi connectivity index (χ4v) is 1.32. The Balaban J connectivity index is 2.68. The maximum absolute atomic E-state index is 13.3. The van der Waals surface area contributed by atoms with Gasteiger partial charge in [-0.3, -0.25) is 4.79 Å². The molecule has 2 N–H and O–H groups in total. The van der Waals surface area contributed by atoms with Crippen molar-refractivity contribution < 1.29 is 23.8 Å². The molecule has 1 aromatic rings. The van der Waals surface area contributed by atoms with Crippen LogP contribution in [0.1, 0.15) is 5.56 Å². The molecule has 0 atom stereocenters. The Labute approximate surface area is 115 Å². The summed E-state index contributed by atoms with van der Waals surface area (Å²) in [4.78, 5) is 21.7. The molecule has 0 aliphatic rings. The number of hydrogen-bond donors (Lipinski definition) is 2. The Kier molecular flexibility index (Phi) is 5.96. The Hall–Kier alpha value is -2.63. The molecule has 0 aromatic heterocycles. The summed E-state index contributed by atoms with van der Waals surface area (Å²) in [5.74, 6) is -1.94. The molecule has 106 valence electrons. The molecule has 0 spiro atoms. The Morgan fingerprint density at radius 1 is 1.40 bits per heavy atom. The smallest absolute Gasteiger partial charge is 0.328 e. The summed E-state index contributed by atoms with van der Waals surface area (Å²) in [6.45, 7) is 3.50. The molecule has 20 heavy (non-hydrogen) atoms. The number of carboxylic acids is 1. The maximum Gasteiger partial charge on any atom is 0.328 e. The van der Waals surface area contributed by atoms with Gasteiger partial charge in [-0.2, -0.15) is 0 Å². The number of ether oxygens (including phenoxy) is 1. The molecule has 0 aliphatic heterocycles. The number of rotatable bonds is 7. The van der Waals surface area contributed by atoms with E-state index in [0.717, 1.165) is 18.2 Å². The van der Waals surface area contributed by atoms with Crippen molar-refractivity contribution >= 4 is 18.0 Å². The minimum Gasteiger partial charge on any atom is -0.484 e. The average Bonchev–Trinajstić information content (AvgIpc) is 2.40. The van der Waals surface area contributed by atoms with Gasteiger partial charge in [0.15, 0.2) is 6.61 Å². The first-order valence-electron chi connectivity index (χ1n) is 5.73. The highest BCUT2D eigenvalue weighted by Crippen LogP contribution is 2.17. The van der Waals surface area contributed by atoms with Crippen LogP contribution in [0.2, 0.25) is 0 Å². The van der Waals surface area contributed by atoms with Gasteiger partial charge in [-0.1, -0.05) is 6.08 Å². The lowest BCUT2D eigenvalue weighted by Crippen LogP contribution is -2.28. The molecule has 0 saturated carbocycles. The van der Waals surface area contributed by atoms with Crippen LogP contribution >= 0.6 is 0 Å². The van der Waals surface area contributed by atoms with Crippen molar-refractivity contribution in [1.29, 1.82) is 0 Å². The monoisotopic (exact) mass is 279 g/mol. The Morgan fingerprint density at radius 2 is 2.15 bits per heavy atom. The van der Waals surface area contributed by atoms with E-state index in [1.807, 2.05) is 0 Å². The van der Waals surface area contributed by atoms with E-state index in [1.54, 1.807) is 0 Å². The molecule has 0 bridgehead atoms. The van der Waals surface area contributed by atoms with Gasteiger partial charge >= 0.3 is 5.97 Å². The van der Waals surface area contributed by atoms with E-state index in [0.29, 0.717) is 12.1 Å². The van der Waals surface area contributed by atoms with Crippen LogP contribution < -0.4 is 10.1 Å². The summed E-state index contributed by atoms with van der Waals surface area (Å²) in [6, 6.07) is 3.70. The largest absolute Gasteiger partial charge is 0.484 e. The van der Waals surface area contributed by atoms with Crippen molar-refractivity contribution in [2.45, 2.75) is 0 Å². The molecule has 0 fully saturated rings. The number of carbonyl (C=O) groups excluding carboxylic acids is 1. The number of benzene rings is 1. The number of carbonyl (C=O) groups is 2. The molecule has 0 radical (unpaired) electrons. The third-order valence-corrected chi connectivity index (χ3v) is 2.13. The van der Waals surface area contributed by atoms with Crippen molar-refractivity contribution in [2.24, 2.45) is 0 Å². The molecular formula is C14H14FNO4. The highest BCUT2D eigenvalue weighted by Gasteiger charge is 2.04. The van der Waals surface area contributed by atoms with E-state index in [9.17, 15) is 14.0 Å². The van der Waals surface area contributed by atoms with Gasteiger partial charge < -0.3 is 15.2 Å². The lowest BCUT2D eigenvalue weighted by atomic mass is 10.2. The molecule has 1 amide bonds. The van der Waals surface area contributed by atoms with Crippen LogP contribution in [0.25, 0.3) is 6.08 Å². The minimum absolute atomic E-state index is 0.142. The zero-order valence-electron chi connectivity index (χ0n) is 10.6. The third-order valence-electron chi connectivity index (χ3n) is 2.13. The summed E-state index contributed by atoms with van der Waals surface area (Å²) in [7, 11) is 0. The molecule has 0 unspecified atom stereocenters.